The molecule has 4 heavy (non-hydrogen) atoms. The molecule has 0 aliphatic heterocycles. The summed E-state index contributed by atoms with van der Waals surface area (Å²) >= 11 is 0.868. The second kappa shape index (κ2) is 8.82. The third-order valence-electron chi connectivity index (χ3n) is 0. The third-order valence-corrected chi connectivity index (χ3v) is 0. The van der Waals surface area contributed by atoms with Gasteiger partial charge in [0.05, 0.1) is 8.41 Å². The molecule has 0 saturated heterocycles. The van der Waals surface area contributed by atoms with Crippen molar-refractivity contribution >= 4 is 57.4 Å². The Morgan fingerprint density at radius 3 is 1.75 bits per heavy atom. The maximum atomic E-state index is 3.44. The van der Waals surface area contributed by atoms with Gasteiger partial charge in [0.15, 0.2) is 0 Å². The standard InChI is InChI=1S/C2H3.BH3.K/c1-2;;/h1H,2H2;1H3;. The molecule has 0 N–H and O–H groups in total. The Morgan fingerprint density at radius 2 is 1.75 bits per heavy atom. The van der Waals surface area contributed by atoms with E-state index in [9.17, 15) is 0 Å². The van der Waals surface area contributed by atoms with Crippen molar-refractivity contribution in [1.29, 1.82) is 0 Å². The van der Waals surface area contributed by atoms with E-state index in [-0.39, 0.29) is 8.41 Å². The molecule has 0 nitrogen and oxygen atoms in total. The van der Waals surface area contributed by atoms with Crippen LogP contribution in [0.25, 0.3) is 0 Å². The number of hydrogen-bond donors (Lipinski definition) is 0. The van der Waals surface area contributed by atoms with Gasteiger partial charge in [-0.2, -0.15) is 0 Å². The molecule has 0 aromatic rings. The molecule has 0 aromatic heterocycles. The summed E-state index contributed by atoms with van der Waals surface area (Å²) in [5.74, 6) is 0. The summed E-state index contributed by atoms with van der Waals surface area (Å²) in [6.45, 7) is 3.44. The van der Waals surface area contributed by atoms with Crippen LogP contribution in [0.2, 0.25) is 0 Å². The van der Waals surface area contributed by atoms with Crippen LogP contribution in [0.3, 0.4) is 0 Å². The Bertz CT molecular complexity index is 13.5. The first-order valence-electron chi connectivity index (χ1n) is 0.986. The predicted octanol–water partition coefficient (Wildman–Crippen LogP) is -0.886. The van der Waals surface area contributed by atoms with E-state index in [4.69, 9.17) is 0 Å². The Labute approximate surface area is 62.8 Å². The molecule has 0 spiro atoms. The Morgan fingerprint density at radius 1 is 1.75 bits per heavy atom. The van der Waals surface area contributed by atoms with Crippen LogP contribution in [0.4, 0.5) is 0 Å². The van der Waals surface area contributed by atoms with Gasteiger partial charge in [0.2, 0.25) is 0 Å². The minimum atomic E-state index is 0. The Hall–Kier alpha value is 1.44. The molecule has 0 bridgehead atoms. The summed E-state index contributed by atoms with van der Waals surface area (Å²) < 4.78 is 1.94. The fourth-order valence-corrected chi connectivity index (χ4v) is 0. The zero-order chi connectivity index (χ0) is 2.71. The van der Waals surface area contributed by atoms with Gasteiger partial charge in [-0.05, 0) is 0 Å². The molecular weight excluding hydrogens is 73.9 g/mol. The molecule has 2 heteroatoms. The molecule has 0 heterocycles. The van der Waals surface area contributed by atoms with E-state index < -0.39 is 0 Å². The molecular formula is C2H6BK. The number of rotatable bonds is 0. The van der Waals surface area contributed by atoms with Crippen LogP contribution in [0.5, 0.6) is 0 Å². The topological polar surface area (TPSA) is 0 Å². The van der Waals surface area contributed by atoms with Crippen LogP contribution >= 0.6 is 0 Å². The molecule has 0 rings (SSSR count). The molecule has 0 unspecified atom stereocenters. The maximum absolute atomic E-state index is 3.44. The van der Waals surface area contributed by atoms with E-state index in [2.05, 4.69) is 6.58 Å². The predicted molar refractivity (Wildman–Crippen MR) is 25.9 cm³/mol. The summed E-state index contributed by atoms with van der Waals surface area (Å²) in [5, 5.41) is 0. The van der Waals surface area contributed by atoms with Crippen molar-refractivity contribution in [2.75, 3.05) is 0 Å². The van der Waals surface area contributed by atoms with Crippen molar-refractivity contribution in [3.8, 4) is 0 Å². The van der Waals surface area contributed by atoms with E-state index in [1.165, 1.54) is 0 Å². The van der Waals surface area contributed by atoms with Crippen molar-refractivity contribution in [2.24, 2.45) is 0 Å². The molecule has 0 radical (unpaired) electrons. The molecule has 18 valence electrons. The van der Waals surface area contributed by atoms with E-state index in [1.54, 1.807) is 0 Å². The Kier molecular flexibility index (Phi) is 20.0. The van der Waals surface area contributed by atoms with E-state index in [0.717, 1.165) is 49.0 Å². The van der Waals surface area contributed by atoms with E-state index in [0.29, 0.717) is 0 Å². The van der Waals surface area contributed by atoms with Crippen molar-refractivity contribution in [2.45, 2.75) is 0 Å². The quantitative estimate of drug-likeness (QED) is 0.331. The van der Waals surface area contributed by atoms with Crippen molar-refractivity contribution in [3.05, 3.63) is 6.75 Å². The molecule has 0 fully saturated rings. The van der Waals surface area contributed by atoms with Crippen LogP contribution in [0, 0.1) is 0 Å². The second-order valence-electron chi connectivity index (χ2n) is 0.408. The molecule has 0 aliphatic rings. The van der Waals surface area contributed by atoms with Gasteiger partial charge in [0.1, 0.15) is 0 Å². The van der Waals surface area contributed by atoms with Gasteiger partial charge in [-0.3, -0.25) is 0 Å². The fraction of sp³-hybridized carbons (Fsp3) is 0. The van der Waals surface area contributed by atoms with Gasteiger partial charge < -0.3 is 0 Å². The molecule has 0 amide bonds. The summed E-state index contributed by atoms with van der Waals surface area (Å²) in [5.41, 5.74) is 0. The zero-order valence-corrected chi connectivity index (χ0v) is 5.41. The SMILES string of the molecule is B.C=[CH][K]. The van der Waals surface area contributed by atoms with Crippen molar-refractivity contribution < 1.29 is 0 Å². The van der Waals surface area contributed by atoms with Crippen molar-refractivity contribution in [3.63, 3.8) is 0 Å². The van der Waals surface area contributed by atoms with Gasteiger partial charge in [0.25, 0.3) is 0 Å². The molecule has 0 aromatic carbocycles. The van der Waals surface area contributed by atoms with Crippen LogP contribution in [-0.4, -0.2) is 57.4 Å². The van der Waals surface area contributed by atoms with Crippen LogP contribution in [0.15, 0.2) is 6.75 Å². The monoisotopic (exact) mass is 80.0 g/mol. The van der Waals surface area contributed by atoms with Crippen LogP contribution < -0.4 is 0 Å². The van der Waals surface area contributed by atoms with Gasteiger partial charge in [0, 0.05) is 0 Å². The first-order chi connectivity index (χ1) is 1.41. The van der Waals surface area contributed by atoms with E-state index >= 15 is 0 Å². The first-order valence-corrected chi connectivity index (χ1v) is 2.79. The average molecular weight is 80.0 g/mol. The minimum absolute atomic E-state index is 0. The molecule has 0 atom stereocenters. The van der Waals surface area contributed by atoms with Gasteiger partial charge in [-0.25, -0.2) is 0 Å². The third kappa shape index (κ3) is 9.87. The summed E-state index contributed by atoms with van der Waals surface area (Å²) in [6, 6.07) is 0. The fourth-order valence-electron chi connectivity index (χ4n) is 0. The van der Waals surface area contributed by atoms with Gasteiger partial charge in [-0.1, -0.05) is 0 Å². The van der Waals surface area contributed by atoms with Crippen LogP contribution in [-0.2, 0) is 0 Å². The van der Waals surface area contributed by atoms with Gasteiger partial charge in [-0.15, -0.1) is 0 Å². The summed E-state index contributed by atoms with van der Waals surface area (Å²) in [7, 11) is 0. The van der Waals surface area contributed by atoms with E-state index in [1.807, 2.05) is 0.171 Å². The second-order valence-corrected chi connectivity index (χ2v) is 1.68. The summed E-state index contributed by atoms with van der Waals surface area (Å²) in [4.78, 5) is 0. The molecule has 0 saturated carbocycles. The summed E-state index contributed by atoms with van der Waals surface area (Å²) in [6.07, 6.45) is 0. The Balaban J connectivity index is 0. The number of hydrogen-bond acceptors (Lipinski definition) is 0. The van der Waals surface area contributed by atoms with Crippen LogP contribution in [0.1, 0.15) is 0 Å². The molecule has 0 aliphatic carbocycles. The first kappa shape index (κ1) is 9.06. The average Bonchev–Trinajstić information content (AvgIpc) is 0.918. The van der Waals surface area contributed by atoms with Crippen molar-refractivity contribution in [1.82, 2.24) is 0 Å². The van der Waals surface area contributed by atoms with Gasteiger partial charge >= 0.3 is 55.7 Å². The zero-order valence-electron chi connectivity index (χ0n) is 2.28. The normalized spacial score (nSPS) is 3.50.